The lowest BCUT2D eigenvalue weighted by atomic mass is 9.97. The highest BCUT2D eigenvalue weighted by Gasteiger charge is 2.35. The van der Waals surface area contributed by atoms with Gasteiger partial charge >= 0.3 is 0 Å². The minimum absolute atomic E-state index is 0.0437. The van der Waals surface area contributed by atoms with Gasteiger partial charge in [0, 0.05) is 36.8 Å². The summed E-state index contributed by atoms with van der Waals surface area (Å²) in [7, 11) is -3.68. The van der Waals surface area contributed by atoms with E-state index >= 15 is 0 Å². The van der Waals surface area contributed by atoms with Gasteiger partial charge in [-0.15, -0.1) is 0 Å². The van der Waals surface area contributed by atoms with Crippen LogP contribution in [0.5, 0.6) is 11.5 Å². The van der Waals surface area contributed by atoms with Gasteiger partial charge in [-0.2, -0.15) is 4.31 Å². The lowest BCUT2D eigenvalue weighted by Gasteiger charge is -2.34. The van der Waals surface area contributed by atoms with E-state index in [0.29, 0.717) is 62.2 Å². The van der Waals surface area contributed by atoms with Crippen molar-refractivity contribution in [2.24, 2.45) is 5.92 Å². The van der Waals surface area contributed by atoms with E-state index < -0.39 is 10.0 Å². The van der Waals surface area contributed by atoms with E-state index in [1.807, 2.05) is 25.1 Å². The summed E-state index contributed by atoms with van der Waals surface area (Å²) in [5.74, 6) is 0.941. The summed E-state index contributed by atoms with van der Waals surface area (Å²) < 4.78 is 39.0. The normalized spacial score (nSPS) is 18.9. The summed E-state index contributed by atoms with van der Waals surface area (Å²) in [5, 5.41) is 0.478. The molecule has 0 radical (unpaired) electrons. The van der Waals surface area contributed by atoms with Crippen LogP contribution in [-0.4, -0.2) is 56.4 Å². The summed E-state index contributed by atoms with van der Waals surface area (Å²) in [4.78, 5) is 15.3. The number of fused-ring (bicyclic) bond motifs is 1. The van der Waals surface area contributed by atoms with E-state index in [-0.39, 0.29) is 23.3 Å². The van der Waals surface area contributed by atoms with Gasteiger partial charge in [0.25, 0.3) is 0 Å². The highest BCUT2D eigenvalue weighted by atomic mass is 35.5. The molecule has 1 saturated heterocycles. The van der Waals surface area contributed by atoms with Gasteiger partial charge in [0.1, 0.15) is 13.2 Å². The van der Waals surface area contributed by atoms with Crippen LogP contribution in [0.15, 0.2) is 47.4 Å². The Balaban J connectivity index is 1.49. The second-order valence-electron chi connectivity index (χ2n) is 7.95. The quantitative estimate of drug-likeness (QED) is 0.634. The summed E-state index contributed by atoms with van der Waals surface area (Å²) >= 11 is 5.90. The number of sulfonamides is 1. The van der Waals surface area contributed by atoms with Crippen molar-refractivity contribution in [2.45, 2.75) is 31.2 Å². The Morgan fingerprint density at radius 2 is 1.91 bits per heavy atom. The fourth-order valence-corrected chi connectivity index (χ4v) is 5.84. The van der Waals surface area contributed by atoms with Crippen LogP contribution < -0.4 is 9.47 Å². The Morgan fingerprint density at radius 1 is 1.16 bits per heavy atom. The standard InChI is InChI=1S/C23H27ClN2O5S/c1-2-25(15-17-5-3-7-21-22(17)31-14-13-30-21)23(27)18-6-4-12-26(16-18)32(28,29)20-10-8-19(24)9-11-20/h3,5,7-11,18H,2,4,6,12-16H2,1H3. The number of para-hydroxylation sites is 1. The maximum Gasteiger partial charge on any atom is 0.243 e. The number of carbonyl (C=O) groups is 1. The molecule has 2 heterocycles. The molecule has 9 heteroatoms. The Labute approximate surface area is 193 Å². The molecule has 0 bridgehead atoms. The maximum absolute atomic E-state index is 13.4. The molecule has 1 fully saturated rings. The first-order valence-corrected chi connectivity index (χ1v) is 12.6. The first kappa shape index (κ1) is 22.9. The number of amides is 1. The second kappa shape index (κ2) is 9.68. The van der Waals surface area contributed by atoms with Crippen LogP contribution in [0, 0.1) is 5.92 Å². The van der Waals surface area contributed by atoms with Crippen molar-refractivity contribution in [1.82, 2.24) is 9.21 Å². The number of benzene rings is 2. The van der Waals surface area contributed by atoms with Gasteiger partial charge in [-0.05, 0) is 50.1 Å². The van der Waals surface area contributed by atoms with Crippen LogP contribution in [0.2, 0.25) is 5.02 Å². The van der Waals surface area contributed by atoms with Crippen molar-refractivity contribution in [3.63, 3.8) is 0 Å². The van der Waals surface area contributed by atoms with Crippen molar-refractivity contribution in [1.29, 1.82) is 0 Å². The van der Waals surface area contributed by atoms with E-state index in [1.165, 1.54) is 16.4 Å². The number of hydrogen-bond acceptors (Lipinski definition) is 5. The molecule has 1 unspecified atom stereocenters. The van der Waals surface area contributed by atoms with E-state index in [9.17, 15) is 13.2 Å². The van der Waals surface area contributed by atoms with Crippen molar-refractivity contribution in [2.75, 3.05) is 32.8 Å². The van der Waals surface area contributed by atoms with E-state index in [0.717, 1.165) is 5.56 Å². The minimum Gasteiger partial charge on any atom is -0.486 e. The molecule has 4 rings (SSSR count). The Morgan fingerprint density at radius 3 is 2.66 bits per heavy atom. The molecule has 0 saturated carbocycles. The van der Waals surface area contributed by atoms with E-state index in [4.69, 9.17) is 21.1 Å². The Kier molecular flexibility index (Phi) is 6.93. The first-order chi connectivity index (χ1) is 15.4. The molecular weight excluding hydrogens is 452 g/mol. The molecule has 172 valence electrons. The molecule has 7 nitrogen and oxygen atoms in total. The van der Waals surface area contributed by atoms with E-state index in [2.05, 4.69) is 0 Å². The van der Waals surface area contributed by atoms with Crippen molar-refractivity contribution in [3.05, 3.63) is 53.1 Å². The molecular formula is C23H27ClN2O5S. The molecule has 0 aliphatic carbocycles. The summed E-state index contributed by atoms with van der Waals surface area (Å²) in [5.41, 5.74) is 0.888. The summed E-state index contributed by atoms with van der Waals surface area (Å²) in [6.45, 7) is 4.39. The lowest BCUT2D eigenvalue weighted by Crippen LogP contribution is -2.46. The summed E-state index contributed by atoms with van der Waals surface area (Å²) in [6.07, 6.45) is 1.30. The molecule has 0 aromatic heterocycles. The zero-order chi connectivity index (χ0) is 22.7. The van der Waals surface area contributed by atoms with Crippen molar-refractivity contribution < 1.29 is 22.7 Å². The third kappa shape index (κ3) is 4.72. The molecule has 2 aromatic rings. The highest BCUT2D eigenvalue weighted by Crippen LogP contribution is 2.35. The molecule has 1 atom stereocenters. The first-order valence-electron chi connectivity index (χ1n) is 10.8. The van der Waals surface area contributed by atoms with Crippen molar-refractivity contribution in [3.8, 4) is 11.5 Å². The predicted molar refractivity (Wildman–Crippen MR) is 121 cm³/mol. The van der Waals surface area contributed by atoms with Gasteiger partial charge in [0.15, 0.2) is 11.5 Å². The molecule has 1 amide bonds. The van der Waals surface area contributed by atoms with Crippen LogP contribution in [-0.2, 0) is 21.4 Å². The number of hydrogen-bond donors (Lipinski definition) is 0. The van der Waals surface area contributed by atoms with Gasteiger partial charge in [0.2, 0.25) is 15.9 Å². The van der Waals surface area contributed by atoms with Gasteiger partial charge in [-0.1, -0.05) is 23.7 Å². The fraction of sp³-hybridized carbons (Fsp3) is 0.435. The molecule has 0 N–H and O–H groups in total. The predicted octanol–water partition coefficient (Wildman–Crippen LogP) is 3.56. The zero-order valence-electron chi connectivity index (χ0n) is 18.0. The number of carbonyl (C=O) groups excluding carboxylic acids is 1. The number of nitrogens with zero attached hydrogens (tertiary/aromatic N) is 2. The number of rotatable bonds is 6. The minimum atomic E-state index is -3.68. The van der Waals surface area contributed by atoms with Crippen molar-refractivity contribution >= 4 is 27.5 Å². The topological polar surface area (TPSA) is 76.2 Å². The Bertz CT molecular complexity index is 1070. The van der Waals surface area contributed by atoms with Gasteiger partial charge in [-0.25, -0.2) is 8.42 Å². The third-order valence-electron chi connectivity index (χ3n) is 5.89. The SMILES string of the molecule is CCN(Cc1cccc2c1OCCO2)C(=O)C1CCCN(S(=O)(=O)c2ccc(Cl)cc2)C1. The largest absolute Gasteiger partial charge is 0.486 e. The second-order valence-corrected chi connectivity index (χ2v) is 10.3. The van der Waals surface area contributed by atoms with Crippen LogP contribution in [0.25, 0.3) is 0 Å². The lowest BCUT2D eigenvalue weighted by molar-refractivity contribution is -0.137. The molecule has 0 spiro atoms. The monoisotopic (exact) mass is 478 g/mol. The average molecular weight is 479 g/mol. The maximum atomic E-state index is 13.4. The van der Waals surface area contributed by atoms with Crippen LogP contribution in [0.4, 0.5) is 0 Å². The molecule has 32 heavy (non-hydrogen) atoms. The molecule has 2 aliphatic rings. The van der Waals surface area contributed by atoms with Crippen LogP contribution in [0.1, 0.15) is 25.3 Å². The number of halogens is 1. The third-order valence-corrected chi connectivity index (χ3v) is 8.02. The van der Waals surface area contributed by atoms with Gasteiger partial charge < -0.3 is 14.4 Å². The summed E-state index contributed by atoms with van der Waals surface area (Å²) in [6, 6.07) is 11.8. The van der Waals surface area contributed by atoms with E-state index in [1.54, 1.807) is 17.0 Å². The smallest absolute Gasteiger partial charge is 0.243 e. The number of piperidine rings is 1. The van der Waals surface area contributed by atoms with Crippen LogP contribution >= 0.6 is 11.6 Å². The number of ether oxygens (including phenoxy) is 2. The van der Waals surface area contributed by atoms with Gasteiger partial charge in [0.05, 0.1) is 10.8 Å². The van der Waals surface area contributed by atoms with Crippen LogP contribution in [0.3, 0.4) is 0 Å². The Hall–Kier alpha value is -2.29. The molecule has 2 aromatic carbocycles. The highest BCUT2D eigenvalue weighted by molar-refractivity contribution is 7.89. The fourth-order valence-electron chi connectivity index (χ4n) is 4.19. The molecule has 2 aliphatic heterocycles. The van der Waals surface area contributed by atoms with Gasteiger partial charge in [-0.3, -0.25) is 4.79 Å². The average Bonchev–Trinajstić information content (AvgIpc) is 2.82. The zero-order valence-corrected chi connectivity index (χ0v) is 19.6.